The Morgan fingerprint density at radius 3 is 2.72 bits per heavy atom. The summed E-state index contributed by atoms with van der Waals surface area (Å²) in [5.74, 6) is -0.0562. The maximum atomic E-state index is 13.7. The molecule has 0 unspecified atom stereocenters. The lowest BCUT2D eigenvalue weighted by Crippen LogP contribution is -2.60. The van der Waals surface area contributed by atoms with Crippen LogP contribution in [-0.4, -0.2) is 51.3 Å². The van der Waals surface area contributed by atoms with E-state index in [4.69, 9.17) is 26.1 Å². The molecule has 3 aliphatic heterocycles. The van der Waals surface area contributed by atoms with Crippen LogP contribution in [-0.2, 0) is 21.7 Å². The number of carbonyl (C=O) groups is 1. The standard InChI is InChI=1S/C39H31ClN6O3S/c1-39-36(48-3)28(44(2)38-43-18-29(50-38)23-16-41-25-10-6-4-8-20(23)25)15-30(49-39)45-26-13-12-19(40)14-22(26)32-33-24(17-42-37(33)47)31-21-9-5-7-11-27(21)46(39)35(31)34(32)45/h4-14,16,18,28,30,36,41H,15,17H2,1-3H3,(H,42,47)/t28-,30-,36-,39+/m1/s1. The molecule has 0 saturated carbocycles. The van der Waals surface area contributed by atoms with Gasteiger partial charge in [0.2, 0.25) is 0 Å². The summed E-state index contributed by atoms with van der Waals surface area (Å²) in [5.41, 5.74) is 7.13. The molecular formula is C39H31ClN6O3S. The summed E-state index contributed by atoms with van der Waals surface area (Å²) in [6.07, 6.45) is 3.91. The van der Waals surface area contributed by atoms with Gasteiger partial charge in [-0.05, 0) is 42.8 Å². The van der Waals surface area contributed by atoms with Gasteiger partial charge in [-0.15, -0.1) is 0 Å². The van der Waals surface area contributed by atoms with Gasteiger partial charge < -0.3 is 33.8 Å². The van der Waals surface area contributed by atoms with Gasteiger partial charge in [0.25, 0.3) is 5.91 Å². The highest BCUT2D eigenvalue weighted by molar-refractivity contribution is 7.19. The first kappa shape index (κ1) is 28.9. The molecule has 50 heavy (non-hydrogen) atoms. The van der Waals surface area contributed by atoms with Crippen molar-refractivity contribution in [2.75, 3.05) is 19.1 Å². The number of halogens is 1. The Hall–Kier alpha value is -4.87. The zero-order valence-corrected chi connectivity index (χ0v) is 29.0. The summed E-state index contributed by atoms with van der Waals surface area (Å²) in [6, 6.07) is 22.7. The third-order valence-electron chi connectivity index (χ3n) is 11.4. The number of thiazole rings is 1. The number of para-hydroxylation sites is 2. The number of benzene rings is 4. The van der Waals surface area contributed by atoms with Crippen LogP contribution >= 0.6 is 22.9 Å². The van der Waals surface area contributed by atoms with Crippen LogP contribution in [0.3, 0.4) is 0 Å². The van der Waals surface area contributed by atoms with E-state index in [1.165, 1.54) is 5.39 Å². The summed E-state index contributed by atoms with van der Waals surface area (Å²) in [6.45, 7) is 2.62. The van der Waals surface area contributed by atoms with E-state index in [0.717, 1.165) is 75.8 Å². The average molecular weight is 699 g/mol. The summed E-state index contributed by atoms with van der Waals surface area (Å²) < 4.78 is 18.6. The zero-order chi connectivity index (χ0) is 33.6. The number of H-pyrrole nitrogens is 1. The third kappa shape index (κ3) is 3.49. The smallest absolute Gasteiger partial charge is 0.252 e. The number of carbonyl (C=O) groups excluding carboxylic acids is 1. The molecule has 2 bridgehead atoms. The van der Waals surface area contributed by atoms with Crippen LogP contribution in [0.25, 0.3) is 65.0 Å². The van der Waals surface area contributed by atoms with Crippen molar-refractivity contribution in [1.82, 2.24) is 24.4 Å². The highest BCUT2D eigenvalue weighted by atomic mass is 35.5. The maximum absolute atomic E-state index is 13.7. The molecule has 248 valence electrons. The van der Waals surface area contributed by atoms with Crippen molar-refractivity contribution in [3.8, 4) is 10.4 Å². The molecule has 0 spiro atoms. The quantitative estimate of drug-likeness (QED) is 0.192. The Morgan fingerprint density at radius 2 is 1.86 bits per heavy atom. The molecule has 9 nitrogen and oxygen atoms in total. The van der Waals surface area contributed by atoms with Crippen molar-refractivity contribution in [2.24, 2.45) is 0 Å². The van der Waals surface area contributed by atoms with Crippen LogP contribution in [0.2, 0.25) is 5.02 Å². The molecule has 4 atom stereocenters. The summed E-state index contributed by atoms with van der Waals surface area (Å²) in [7, 11) is 3.90. The van der Waals surface area contributed by atoms with Gasteiger partial charge in [0, 0.05) is 82.6 Å². The van der Waals surface area contributed by atoms with Crippen LogP contribution in [0.15, 0.2) is 79.1 Å². The lowest BCUT2D eigenvalue weighted by molar-refractivity contribution is -0.253. The number of hydrogen-bond acceptors (Lipinski definition) is 6. The third-order valence-corrected chi connectivity index (χ3v) is 12.8. The summed E-state index contributed by atoms with van der Waals surface area (Å²) >= 11 is 8.36. The number of rotatable bonds is 4. The van der Waals surface area contributed by atoms with Crippen LogP contribution in [0.4, 0.5) is 5.13 Å². The second-order valence-electron chi connectivity index (χ2n) is 13.8. The molecule has 11 rings (SSSR count). The molecule has 7 heterocycles. The normalized spacial score (nSPS) is 22.7. The van der Waals surface area contributed by atoms with Crippen LogP contribution < -0.4 is 10.2 Å². The van der Waals surface area contributed by atoms with Gasteiger partial charge in [-0.1, -0.05) is 59.3 Å². The second-order valence-corrected chi connectivity index (χ2v) is 15.3. The minimum Gasteiger partial charge on any atom is -0.374 e. The van der Waals surface area contributed by atoms with E-state index in [1.54, 1.807) is 18.4 Å². The van der Waals surface area contributed by atoms with Crippen LogP contribution in [0, 0.1) is 0 Å². The Bertz CT molecular complexity index is 2780. The van der Waals surface area contributed by atoms with Gasteiger partial charge in [-0.3, -0.25) is 4.79 Å². The molecule has 0 aliphatic carbocycles. The minimum atomic E-state index is -0.927. The molecule has 2 N–H and O–H groups in total. The van der Waals surface area contributed by atoms with Crippen molar-refractivity contribution >= 4 is 88.5 Å². The number of hydrogen-bond donors (Lipinski definition) is 2. The number of fused-ring (bicyclic) bond motifs is 14. The summed E-state index contributed by atoms with van der Waals surface area (Å²) in [5, 5.41) is 9.90. The minimum absolute atomic E-state index is 0.0562. The summed E-state index contributed by atoms with van der Waals surface area (Å²) in [4.78, 5) is 25.5. The van der Waals surface area contributed by atoms with E-state index in [-0.39, 0.29) is 24.3 Å². The number of anilines is 1. The molecule has 3 aliphatic rings. The fourth-order valence-corrected chi connectivity index (χ4v) is 10.5. The molecule has 1 amide bonds. The zero-order valence-electron chi connectivity index (χ0n) is 27.5. The number of amides is 1. The highest BCUT2D eigenvalue weighted by Crippen LogP contribution is 2.55. The molecule has 0 radical (unpaired) electrons. The molecule has 4 aromatic carbocycles. The van der Waals surface area contributed by atoms with E-state index in [0.29, 0.717) is 18.0 Å². The van der Waals surface area contributed by atoms with Crippen molar-refractivity contribution in [3.63, 3.8) is 0 Å². The van der Waals surface area contributed by atoms with Gasteiger partial charge in [0.1, 0.15) is 12.3 Å². The van der Waals surface area contributed by atoms with Gasteiger partial charge in [0.05, 0.1) is 38.5 Å². The first-order chi connectivity index (χ1) is 24.4. The molecule has 1 fully saturated rings. The van der Waals surface area contributed by atoms with Gasteiger partial charge >= 0.3 is 0 Å². The number of likely N-dealkylation sites (N-methyl/N-ethyl adjacent to an activating group) is 1. The molecule has 4 aromatic heterocycles. The van der Waals surface area contributed by atoms with Crippen LogP contribution in [0.5, 0.6) is 0 Å². The molecular weight excluding hydrogens is 668 g/mol. The van der Waals surface area contributed by atoms with Gasteiger partial charge in [-0.25, -0.2) is 4.98 Å². The fourth-order valence-electron chi connectivity index (χ4n) is 9.39. The number of aromatic nitrogens is 4. The van der Waals surface area contributed by atoms with E-state index < -0.39 is 5.72 Å². The van der Waals surface area contributed by atoms with Crippen molar-refractivity contribution < 1.29 is 14.3 Å². The monoisotopic (exact) mass is 698 g/mol. The topological polar surface area (TPSA) is 89.3 Å². The fraction of sp³-hybridized carbons (Fsp3) is 0.231. The second kappa shape index (κ2) is 9.88. The lowest BCUT2D eigenvalue weighted by Gasteiger charge is -2.50. The number of aromatic amines is 1. The predicted molar refractivity (Wildman–Crippen MR) is 199 cm³/mol. The van der Waals surface area contributed by atoms with Crippen molar-refractivity contribution in [2.45, 2.75) is 44.0 Å². The SMILES string of the molecule is CO[C@@H]1[C@H](N(C)c2ncc(-c3c[nH]c4ccccc34)s2)C[C@H]2O[C@]1(C)n1c3ccccc3c3c4c(c5c6cc(Cl)ccc6n2c5c31)C(=O)NC4. The van der Waals surface area contributed by atoms with E-state index in [2.05, 4.69) is 93.0 Å². The molecule has 1 saturated heterocycles. The Kier molecular flexibility index (Phi) is 5.72. The van der Waals surface area contributed by atoms with E-state index in [1.807, 2.05) is 24.4 Å². The maximum Gasteiger partial charge on any atom is 0.252 e. The number of nitrogens with one attached hydrogen (secondary N) is 2. The number of ether oxygens (including phenoxy) is 2. The molecule has 11 heteroatoms. The number of methoxy groups -OCH3 is 1. The first-order valence-corrected chi connectivity index (χ1v) is 18.0. The van der Waals surface area contributed by atoms with Crippen LogP contribution in [0.1, 0.15) is 35.5 Å². The highest BCUT2D eigenvalue weighted by Gasteiger charge is 2.54. The average Bonchev–Trinajstić information content (AvgIpc) is 3.94. The number of nitrogens with zero attached hydrogens (tertiary/aromatic N) is 4. The van der Waals surface area contributed by atoms with Gasteiger partial charge in [0.15, 0.2) is 10.9 Å². The Morgan fingerprint density at radius 1 is 1.04 bits per heavy atom. The van der Waals surface area contributed by atoms with E-state index in [9.17, 15) is 4.79 Å². The lowest BCUT2D eigenvalue weighted by atomic mass is 9.92. The largest absolute Gasteiger partial charge is 0.374 e. The van der Waals surface area contributed by atoms with Crippen molar-refractivity contribution in [3.05, 3.63) is 95.3 Å². The van der Waals surface area contributed by atoms with Crippen molar-refractivity contribution in [1.29, 1.82) is 0 Å². The predicted octanol–water partition coefficient (Wildman–Crippen LogP) is 8.53. The van der Waals surface area contributed by atoms with E-state index >= 15 is 0 Å². The first-order valence-electron chi connectivity index (χ1n) is 16.8. The Labute approximate surface area is 294 Å². The van der Waals surface area contributed by atoms with Gasteiger partial charge in [-0.2, -0.15) is 0 Å². The molecule has 8 aromatic rings. The Balaban J connectivity index is 1.18.